The van der Waals surface area contributed by atoms with E-state index in [2.05, 4.69) is 15.3 Å². The molecule has 0 aliphatic carbocycles. The van der Waals surface area contributed by atoms with Gasteiger partial charge in [-0.2, -0.15) is 4.52 Å². The van der Waals surface area contributed by atoms with Crippen molar-refractivity contribution in [3.63, 3.8) is 0 Å². The monoisotopic (exact) mass is 268 g/mol. The maximum Gasteiger partial charge on any atom is 0.369 e. The van der Waals surface area contributed by atoms with Gasteiger partial charge in [-0.25, -0.2) is 4.79 Å². The fourth-order valence-corrected chi connectivity index (χ4v) is 2.63. The minimum atomic E-state index is -0.425. The van der Waals surface area contributed by atoms with Gasteiger partial charge in [-0.1, -0.05) is 11.3 Å². The minimum absolute atomic E-state index is 0.0721. The largest absolute Gasteiger partial charge is 0.461 e. The van der Waals surface area contributed by atoms with Gasteiger partial charge in [0.2, 0.25) is 9.97 Å². The lowest BCUT2D eigenvalue weighted by molar-refractivity contribution is 0.0524. The predicted octanol–water partition coefficient (Wildman–Crippen LogP) is 1.21. The molecule has 3 rings (SSSR count). The molecule has 0 spiro atoms. The van der Waals surface area contributed by atoms with E-state index in [1.54, 1.807) is 11.4 Å². The van der Waals surface area contributed by atoms with Gasteiger partial charge in [-0.15, -0.1) is 15.3 Å². The average Bonchev–Trinajstić information content (AvgIpc) is 3.04. The van der Waals surface area contributed by atoms with Crippen LogP contribution in [0.4, 0.5) is 0 Å². The van der Waals surface area contributed by atoms with Crippen LogP contribution >= 0.6 is 11.3 Å². The summed E-state index contributed by atoms with van der Waals surface area (Å²) in [7, 11) is 0. The Morgan fingerprint density at radius 2 is 2.50 bits per heavy atom. The highest BCUT2D eigenvalue weighted by molar-refractivity contribution is 7.18. The number of hydrogen-bond acceptors (Lipinski definition) is 7. The van der Waals surface area contributed by atoms with Crippen molar-refractivity contribution in [1.82, 2.24) is 19.8 Å². The highest BCUT2D eigenvalue weighted by Crippen LogP contribution is 2.28. The summed E-state index contributed by atoms with van der Waals surface area (Å²) >= 11 is 1.17. The number of nitrogens with zero attached hydrogens (tertiary/aromatic N) is 4. The molecule has 96 valence electrons. The molecular formula is C10H12N4O3S. The molecule has 0 aromatic carbocycles. The van der Waals surface area contributed by atoms with Crippen LogP contribution in [0.1, 0.15) is 41.5 Å². The van der Waals surface area contributed by atoms with Gasteiger partial charge in [0.05, 0.1) is 6.61 Å². The fraction of sp³-hybridized carbons (Fsp3) is 0.600. The summed E-state index contributed by atoms with van der Waals surface area (Å²) in [5.41, 5.74) is 0. The van der Waals surface area contributed by atoms with Crippen molar-refractivity contribution < 1.29 is 14.3 Å². The molecule has 1 atom stereocenters. The van der Waals surface area contributed by atoms with Crippen LogP contribution in [0.15, 0.2) is 0 Å². The maximum atomic E-state index is 11.6. The lowest BCUT2D eigenvalue weighted by atomic mass is 10.2. The van der Waals surface area contributed by atoms with Crippen molar-refractivity contribution in [2.45, 2.75) is 25.9 Å². The third-order valence-electron chi connectivity index (χ3n) is 2.68. The first-order valence-electron chi connectivity index (χ1n) is 5.80. The second kappa shape index (κ2) is 4.62. The van der Waals surface area contributed by atoms with Crippen molar-refractivity contribution in [1.29, 1.82) is 0 Å². The zero-order chi connectivity index (χ0) is 12.5. The van der Waals surface area contributed by atoms with Crippen LogP contribution in [-0.2, 0) is 9.47 Å². The molecule has 0 radical (unpaired) electrons. The molecule has 8 heteroatoms. The van der Waals surface area contributed by atoms with Crippen LogP contribution in [0.5, 0.6) is 0 Å². The summed E-state index contributed by atoms with van der Waals surface area (Å²) in [6.07, 6.45) is 1.85. The molecule has 1 aliphatic heterocycles. The average molecular weight is 268 g/mol. The molecular weight excluding hydrogens is 256 g/mol. The maximum absolute atomic E-state index is 11.6. The smallest absolute Gasteiger partial charge is 0.369 e. The Balaban J connectivity index is 1.94. The van der Waals surface area contributed by atoms with Crippen LogP contribution in [-0.4, -0.2) is 39.0 Å². The Morgan fingerprint density at radius 3 is 3.22 bits per heavy atom. The van der Waals surface area contributed by atoms with E-state index >= 15 is 0 Å². The van der Waals surface area contributed by atoms with Gasteiger partial charge < -0.3 is 9.47 Å². The predicted molar refractivity (Wildman–Crippen MR) is 62.5 cm³/mol. The highest BCUT2D eigenvalue weighted by atomic mass is 32.1. The molecule has 2 aromatic rings. The summed E-state index contributed by atoms with van der Waals surface area (Å²) < 4.78 is 12.0. The molecule has 3 heterocycles. The molecule has 18 heavy (non-hydrogen) atoms. The van der Waals surface area contributed by atoms with Crippen molar-refractivity contribution in [2.75, 3.05) is 13.2 Å². The van der Waals surface area contributed by atoms with Crippen molar-refractivity contribution in [3.05, 3.63) is 10.8 Å². The Labute approximate surface area is 107 Å². The van der Waals surface area contributed by atoms with Crippen LogP contribution < -0.4 is 0 Å². The summed E-state index contributed by atoms with van der Waals surface area (Å²) in [4.78, 5) is 12.2. The number of rotatable bonds is 3. The van der Waals surface area contributed by atoms with E-state index in [9.17, 15) is 4.79 Å². The molecule has 7 nitrogen and oxygen atoms in total. The minimum Gasteiger partial charge on any atom is -0.461 e. The molecule has 0 bridgehead atoms. The van der Waals surface area contributed by atoms with Gasteiger partial charge in [-0.3, -0.25) is 0 Å². The molecule has 0 saturated carbocycles. The van der Waals surface area contributed by atoms with E-state index in [1.807, 2.05) is 0 Å². The molecule has 2 aromatic heterocycles. The molecule has 1 saturated heterocycles. The van der Waals surface area contributed by atoms with E-state index in [0.717, 1.165) is 19.4 Å². The number of aromatic nitrogens is 4. The first-order valence-corrected chi connectivity index (χ1v) is 6.62. The van der Waals surface area contributed by atoms with Crippen molar-refractivity contribution in [3.8, 4) is 0 Å². The Hall–Kier alpha value is -1.54. The Bertz CT molecular complexity index is 573. The van der Waals surface area contributed by atoms with Crippen LogP contribution in [0.25, 0.3) is 4.96 Å². The SMILES string of the molecule is CCOC(=O)c1nn2c(C3CCCO3)nnc2s1. The summed E-state index contributed by atoms with van der Waals surface area (Å²) in [6, 6.07) is 0. The number of esters is 1. The zero-order valence-electron chi connectivity index (χ0n) is 9.83. The van der Waals surface area contributed by atoms with Crippen LogP contribution in [0, 0.1) is 0 Å². The molecule has 1 aliphatic rings. The van der Waals surface area contributed by atoms with E-state index < -0.39 is 5.97 Å². The summed E-state index contributed by atoms with van der Waals surface area (Å²) in [6.45, 7) is 2.82. The number of carbonyl (C=O) groups excluding carboxylic acids is 1. The van der Waals surface area contributed by atoms with E-state index in [4.69, 9.17) is 9.47 Å². The third-order valence-corrected chi connectivity index (χ3v) is 3.56. The van der Waals surface area contributed by atoms with Gasteiger partial charge in [0.25, 0.3) is 0 Å². The van der Waals surface area contributed by atoms with E-state index in [0.29, 0.717) is 22.4 Å². The summed E-state index contributed by atoms with van der Waals surface area (Å²) in [5.74, 6) is 0.237. The lowest BCUT2D eigenvalue weighted by Crippen LogP contribution is -2.07. The second-order valence-corrected chi connectivity index (χ2v) is 4.84. The van der Waals surface area contributed by atoms with Crippen LogP contribution in [0.2, 0.25) is 0 Å². The first kappa shape index (κ1) is 11.5. The van der Waals surface area contributed by atoms with E-state index in [1.165, 1.54) is 11.3 Å². The van der Waals surface area contributed by atoms with Gasteiger partial charge in [0.1, 0.15) is 6.10 Å². The van der Waals surface area contributed by atoms with Gasteiger partial charge in [0.15, 0.2) is 5.82 Å². The molecule has 0 amide bonds. The molecule has 1 fully saturated rings. The molecule has 1 unspecified atom stereocenters. The third kappa shape index (κ3) is 1.87. The topological polar surface area (TPSA) is 78.6 Å². The van der Waals surface area contributed by atoms with Crippen molar-refractivity contribution in [2.24, 2.45) is 0 Å². The summed E-state index contributed by atoms with van der Waals surface area (Å²) in [5, 5.41) is 12.6. The van der Waals surface area contributed by atoms with E-state index in [-0.39, 0.29) is 6.10 Å². The van der Waals surface area contributed by atoms with Crippen molar-refractivity contribution >= 4 is 22.3 Å². The standard InChI is InChI=1S/C10H12N4O3S/c1-2-16-9(15)8-13-14-7(6-4-3-5-17-6)11-12-10(14)18-8/h6H,2-5H2,1H3. The van der Waals surface area contributed by atoms with Gasteiger partial charge >= 0.3 is 5.97 Å². The highest BCUT2D eigenvalue weighted by Gasteiger charge is 2.26. The second-order valence-electron chi connectivity index (χ2n) is 3.88. The Morgan fingerprint density at radius 1 is 1.61 bits per heavy atom. The van der Waals surface area contributed by atoms with Gasteiger partial charge in [-0.05, 0) is 19.8 Å². The number of hydrogen-bond donors (Lipinski definition) is 0. The first-order chi connectivity index (χ1) is 8.79. The quantitative estimate of drug-likeness (QED) is 0.779. The fourth-order valence-electron chi connectivity index (χ4n) is 1.89. The molecule has 0 N–H and O–H groups in total. The Kier molecular flexibility index (Phi) is 2.96. The number of carbonyl (C=O) groups is 1. The zero-order valence-corrected chi connectivity index (χ0v) is 10.6. The normalized spacial score (nSPS) is 19.5. The lowest BCUT2D eigenvalue weighted by Gasteiger charge is -2.04. The number of ether oxygens (including phenoxy) is 2. The number of fused-ring (bicyclic) bond motifs is 1. The van der Waals surface area contributed by atoms with Crippen LogP contribution in [0.3, 0.4) is 0 Å². The van der Waals surface area contributed by atoms with Gasteiger partial charge in [0, 0.05) is 6.61 Å².